The molecule has 0 atom stereocenters. The van der Waals surface area contributed by atoms with Crippen LogP contribution in [-0.4, -0.2) is 21.8 Å². The van der Waals surface area contributed by atoms with Gasteiger partial charge in [0.25, 0.3) is 0 Å². The van der Waals surface area contributed by atoms with Crippen molar-refractivity contribution in [2.24, 2.45) is 0 Å². The van der Waals surface area contributed by atoms with Crippen molar-refractivity contribution in [2.45, 2.75) is 6.92 Å². The van der Waals surface area contributed by atoms with Crippen molar-refractivity contribution in [3.63, 3.8) is 0 Å². The maximum atomic E-state index is 10.8. The van der Waals surface area contributed by atoms with Gasteiger partial charge in [-0.2, -0.15) is 0 Å². The molecule has 0 aliphatic rings. The second kappa shape index (κ2) is 3.13. The van der Waals surface area contributed by atoms with Gasteiger partial charge in [-0.3, -0.25) is 9.78 Å². The number of carboxylic acid groups (broad SMARTS) is 1. The molecule has 0 aliphatic heterocycles. The minimum absolute atomic E-state index is 0.0789. The normalized spacial score (nSPS) is 9.42. The molecule has 0 aromatic carbocycles. The molecule has 4 heteroatoms. The summed E-state index contributed by atoms with van der Waals surface area (Å²) in [5.74, 6) is -1.29. The monoisotopic (exact) mass is 165 g/mol. The van der Waals surface area contributed by atoms with Gasteiger partial charge >= 0.3 is 5.97 Å². The zero-order valence-corrected chi connectivity index (χ0v) is 6.44. The van der Waals surface area contributed by atoms with Gasteiger partial charge < -0.3 is 5.11 Å². The van der Waals surface area contributed by atoms with Crippen LogP contribution in [0.15, 0.2) is 18.3 Å². The fourth-order valence-electron chi connectivity index (χ4n) is 0.756. The van der Waals surface area contributed by atoms with Gasteiger partial charge in [-0.1, -0.05) is 0 Å². The van der Waals surface area contributed by atoms with Crippen molar-refractivity contribution in [3.8, 4) is 0 Å². The lowest BCUT2D eigenvalue weighted by Crippen LogP contribution is -2.01. The summed E-state index contributed by atoms with van der Waals surface area (Å²) in [5.41, 5.74) is 0.255. The maximum Gasteiger partial charge on any atom is 0.335 e. The number of ketones is 1. The van der Waals surface area contributed by atoms with Gasteiger partial charge in [0.1, 0.15) is 5.69 Å². The Bertz CT molecular complexity index is 304. The molecule has 0 bridgehead atoms. The van der Waals surface area contributed by atoms with Crippen LogP contribution >= 0.6 is 0 Å². The number of nitrogens with zero attached hydrogens (tertiary/aromatic N) is 1. The van der Waals surface area contributed by atoms with Crippen LogP contribution in [0.3, 0.4) is 0 Å². The first-order valence-electron chi connectivity index (χ1n) is 3.31. The molecule has 0 saturated heterocycles. The van der Waals surface area contributed by atoms with E-state index in [4.69, 9.17) is 5.11 Å². The summed E-state index contributed by atoms with van der Waals surface area (Å²) in [4.78, 5) is 24.9. The van der Waals surface area contributed by atoms with Crippen LogP contribution in [0.25, 0.3) is 0 Å². The Hall–Kier alpha value is -1.71. The number of rotatable bonds is 2. The topological polar surface area (TPSA) is 67.3 Å². The highest BCUT2D eigenvalue weighted by Gasteiger charge is 2.06. The molecule has 0 spiro atoms. The van der Waals surface area contributed by atoms with Crippen molar-refractivity contribution < 1.29 is 14.7 Å². The van der Waals surface area contributed by atoms with E-state index in [1.54, 1.807) is 0 Å². The molecule has 0 radical (unpaired) electrons. The van der Waals surface area contributed by atoms with Gasteiger partial charge in [-0.15, -0.1) is 0 Å². The van der Waals surface area contributed by atoms with Crippen molar-refractivity contribution in [1.82, 2.24) is 4.98 Å². The fourth-order valence-corrected chi connectivity index (χ4v) is 0.756. The third-order valence-electron chi connectivity index (χ3n) is 1.37. The second-order valence-electron chi connectivity index (χ2n) is 2.29. The first kappa shape index (κ1) is 8.39. The predicted octanol–water partition coefficient (Wildman–Crippen LogP) is 0.982. The van der Waals surface area contributed by atoms with Gasteiger partial charge in [0, 0.05) is 13.1 Å². The van der Waals surface area contributed by atoms with E-state index in [9.17, 15) is 9.59 Å². The highest BCUT2D eigenvalue weighted by atomic mass is 16.4. The number of carbonyl (C=O) groups excluding carboxylic acids is 1. The lowest BCUT2D eigenvalue weighted by atomic mass is 10.2. The van der Waals surface area contributed by atoms with Crippen LogP contribution in [0.1, 0.15) is 27.8 Å². The van der Waals surface area contributed by atoms with Crippen LogP contribution in [0.2, 0.25) is 0 Å². The van der Waals surface area contributed by atoms with Crippen molar-refractivity contribution >= 4 is 11.8 Å². The zero-order valence-electron chi connectivity index (χ0n) is 6.44. The largest absolute Gasteiger partial charge is 0.478 e. The van der Waals surface area contributed by atoms with Crippen LogP contribution in [0.5, 0.6) is 0 Å². The van der Waals surface area contributed by atoms with Crippen LogP contribution in [0, 0.1) is 0 Å². The lowest BCUT2D eigenvalue weighted by Gasteiger charge is -1.95. The standard InChI is InChI=1S/C8H7NO3/c1-5(10)7-4-6(8(11)12)2-3-9-7/h2-4H,1H3,(H,11,12). The molecule has 12 heavy (non-hydrogen) atoms. The quantitative estimate of drug-likeness (QED) is 0.663. The molecular weight excluding hydrogens is 158 g/mol. The molecule has 1 rings (SSSR count). The average molecular weight is 165 g/mol. The molecule has 1 heterocycles. The maximum absolute atomic E-state index is 10.8. The Morgan fingerprint density at radius 3 is 2.67 bits per heavy atom. The minimum atomic E-state index is -1.06. The highest BCUT2D eigenvalue weighted by Crippen LogP contribution is 2.01. The van der Waals surface area contributed by atoms with Gasteiger partial charge in [-0.05, 0) is 12.1 Å². The summed E-state index contributed by atoms with van der Waals surface area (Å²) in [5, 5.41) is 8.55. The molecule has 1 aromatic heterocycles. The Morgan fingerprint density at radius 2 is 2.17 bits per heavy atom. The molecule has 0 amide bonds. The number of hydrogen-bond acceptors (Lipinski definition) is 3. The second-order valence-corrected chi connectivity index (χ2v) is 2.29. The first-order chi connectivity index (χ1) is 5.61. The average Bonchev–Trinajstić information content (AvgIpc) is 2.04. The van der Waals surface area contributed by atoms with Crippen molar-refractivity contribution in [3.05, 3.63) is 29.6 Å². The van der Waals surface area contributed by atoms with Crippen LogP contribution < -0.4 is 0 Å². The fraction of sp³-hybridized carbons (Fsp3) is 0.125. The molecule has 0 aliphatic carbocycles. The summed E-state index contributed by atoms with van der Waals surface area (Å²) in [6.45, 7) is 1.34. The molecule has 0 saturated carbocycles. The summed E-state index contributed by atoms with van der Waals surface area (Å²) in [7, 11) is 0. The number of hydrogen-bond donors (Lipinski definition) is 1. The molecule has 0 fully saturated rings. The van der Waals surface area contributed by atoms with Crippen molar-refractivity contribution in [1.29, 1.82) is 0 Å². The summed E-state index contributed by atoms with van der Waals surface area (Å²) < 4.78 is 0. The highest BCUT2D eigenvalue weighted by molar-refractivity contribution is 5.95. The number of carbonyl (C=O) groups is 2. The minimum Gasteiger partial charge on any atom is -0.478 e. The van der Waals surface area contributed by atoms with E-state index in [-0.39, 0.29) is 17.0 Å². The number of Topliss-reactive ketones (excluding diaryl/α,β-unsaturated/α-hetero) is 1. The van der Waals surface area contributed by atoms with E-state index >= 15 is 0 Å². The number of aromatic nitrogens is 1. The van der Waals surface area contributed by atoms with E-state index in [2.05, 4.69) is 4.98 Å². The Balaban J connectivity index is 3.12. The number of aromatic carboxylic acids is 1. The summed E-state index contributed by atoms with van der Waals surface area (Å²) in [6, 6.07) is 2.60. The number of carboxylic acids is 1. The van der Waals surface area contributed by atoms with E-state index < -0.39 is 5.97 Å². The predicted molar refractivity (Wildman–Crippen MR) is 41.2 cm³/mol. The van der Waals surface area contributed by atoms with Crippen LogP contribution in [0.4, 0.5) is 0 Å². The van der Waals surface area contributed by atoms with E-state index in [1.807, 2.05) is 0 Å². The molecule has 0 unspecified atom stereocenters. The third kappa shape index (κ3) is 1.66. The van der Waals surface area contributed by atoms with Gasteiger partial charge in [-0.25, -0.2) is 4.79 Å². The molecular formula is C8H7NO3. The van der Waals surface area contributed by atoms with Gasteiger partial charge in [0.15, 0.2) is 5.78 Å². The third-order valence-corrected chi connectivity index (χ3v) is 1.37. The Kier molecular flexibility index (Phi) is 2.19. The Morgan fingerprint density at radius 1 is 1.50 bits per heavy atom. The van der Waals surface area contributed by atoms with E-state index in [1.165, 1.54) is 25.3 Å². The van der Waals surface area contributed by atoms with E-state index in [0.717, 1.165) is 0 Å². The first-order valence-corrected chi connectivity index (χ1v) is 3.31. The smallest absolute Gasteiger partial charge is 0.335 e. The van der Waals surface area contributed by atoms with Crippen LogP contribution in [-0.2, 0) is 0 Å². The molecule has 4 nitrogen and oxygen atoms in total. The molecule has 1 N–H and O–H groups in total. The lowest BCUT2D eigenvalue weighted by molar-refractivity contribution is 0.0696. The zero-order chi connectivity index (χ0) is 9.14. The summed E-state index contributed by atoms with van der Waals surface area (Å²) in [6.07, 6.45) is 1.31. The van der Waals surface area contributed by atoms with Crippen molar-refractivity contribution in [2.75, 3.05) is 0 Å². The number of pyridine rings is 1. The Labute approximate surface area is 68.9 Å². The molecule has 62 valence electrons. The SMILES string of the molecule is CC(=O)c1cc(C(=O)O)ccn1. The van der Waals surface area contributed by atoms with Gasteiger partial charge in [0.05, 0.1) is 5.56 Å². The summed E-state index contributed by atoms with van der Waals surface area (Å²) >= 11 is 0. The van der Waals surface area contributed by atoms with E-state index in [0.29, 0.717) is 0 Å². The van der Waals surface area contributed by atoms with Gasteiger partial charge in [0.2, 0.25) is 0 Å². The molecule has 1 aromatic rings.